The highest BCUT2D eigenvalue weighted by molar-refractivity contribution is 5.46. The molecule has 0 aliphatic carbocycles. The molecular weight excluding hydrogens is 279 g/mol. The van der Waals surface area contributed by atoms with Crippen molar-refractivity contribution in [3.8, 4) is 11.8 Å². The van der Waals surface area contributed by atoms with E-state index in [2.05, 4.69) is 0 Å². The maximum Gasteiger partial charge on any atom is 0.416 e. The number of hydrogen-bond acceptors (Lipinski definition) is 2. The minimum absolute atomic E-state index is 0.448. The van der Waals surface area contributed by atoms with Crippen LogP contribution in [-0.4, -0.2) is 0 Å². The van der Waals surface area contributed by atoms with E-state index in [-0.39, 0.29) is 0 Å². The fourth-order valence-corrected chi connectivity index (χ4v) is 2.42. The Hall–Kier alpha value is -2.48. The third kappa shape index (κ3) is 2.57. The molecule has 1 aliphatic heterocycles. The normalized spacial score (nSPS) is 17.0. The van der Waals surface area contributed by atoms with E-state index < -0.39 is 17.8 Å². The van der Waals surface area contributed by atoms with Crippen LogP contribution in [0.3, 0.4) is 0 Å². The highest BCUT2D eigenvalue weighted by atomic mass is 19.4. The van der Waals surface area contributed by atoms with Crippen molar-refractivity contribution in [3.05, 3.63) is 64.7 Å². The van der Waals surface area contributed by atoms with Crippen molar-refractivity contribution in [3.63, 3.8) is 0 Å². The van der Waals surface area contributed by atoms with Gasteiger partial charge < -0.3 is 4.74 Å². The lowest BCUT2D eigenvalue weighted by atomic mass is 10.0. The van der Waals surface area contributed by atoms with Gasteiger partial charge in [-0.25, -0.2) is 0 Å². The molecule has 1 aliphatic rings. The maximum absolute atomic E-state index is 12.7. The van der Waals surface area contributed by atoms with Crippen molar-refractivity contribution >= 4 is 0 Å². The molecule has 1 unspecified atom stereocenters. The number of rotatable bonds is 1. The van der Waals surface area contributed by atoms with Gasteiger partial charge in [-0.05, 0) is 41.5 Å². The highest BCUT2D eigenvalue weighted by Crippen LogP contribution is 2.38. The smallest absolute Gasteiger partial charge is 0.416 e. The monoisotopic (exact) mass is 289 g/mol. The Morgan fingerprint density at radius 1 is 1.14 bits per heavy atom. The van der Waals surface area contributed by atoms with Crippen LogP contribution in [-0.2, 0) is 12.6 Å². The Morgan fingerprint density at radius 3 is 2.67 bits per heavy atom. The molecule has 0 saturated heterocycles. The van der Waals surface area contributed by atoms with Gasteiger partial charge in [0.05, 0.1) is 17.2 Å². The Balaban J connectivity index is 1.89. The number of nitriles is 1. The Morgan fingerprint density at radius 2 is 1.95 bits per heavy atom. The number of alkyl halides is 3. The van der Waals surface area contributed by atoms with Gasteiger partial charge in [-0.15, -0.1) is 0 Å². The Kier molecular flexibility index (Phi) is 3.09. The summed E-state index contributed by atoms with van der Waals surface area (Å²) in [4.78, 5) is 0. The van der Waals surface area contributed by atoms with Crippen LogP contribution in [0.5, 0.6) is 5.75 Å². The van der Waals surface area contributed by atoms with Gasteiger partial charge in [0.15, 0.2) is 0 Å². The van der Waals surface area contributed by atoms with E-state index in [0.29, 0.717) is 23.3 Å². The largest absolute Gasteiger partial charge is 0.485 e. The van der Waals surface area contributed by atoms with E-state index in [4.69, 9.17) is 10.00 Å². The van der Waals surface area contributed by atoms with Crippen LogP contribution in [0.15, 0.2) is 42.5 Å². The van der Waals surface area contributed by atoms with E-state index in [0.717, 1.165) is 17.7 Å². The second kappa shape index (κ2) is 4.81. The summed E-state index contributed by atoms with van der Waals surface area (Å²) in [6.07, 6.45) is -4.35. The molecule has 3 rings (SSSR count). The average molecular weight is 289 g/mol. The quantitative estimate of drug-likeness (QED) is 0.786. The molecule has 5 heteroatoms. The summed E-state index contributed by atoms with van der Waals surface area (Å²) >= 11 is 0. The van der Waals surface area contributed by atoms with Gasteiger partial charge in [0, 0.05) is 6.42 Å². The Bertz CT molecular complexity index is 731. The molecule has 2 nitrogen and oxygen atoms in total. The van der Waals surface area contributed by atoms with Crippen molar-refractivity contribution in [1.82, 2.24) is 0 Å². The molecule has 1 heterocycles. The summed E-state index contributed by atoms with van der Waals surface area (Å²) < 4.78 is 43.9. The molecular formula is C16H10F3NO. The van der Waals surface area contributed by atoms with Crippen molar-refractivity contribution < 1.29 is 17.9 Å². The zero-order valence-corrected chi connectivity index (χ0v) is 10.8. The minimum atomic E-state index is -4.37. The van der Waals surface area contributed by atoms with E-state index in [1.807, 2.05) is 6.07 Å². The first-order chi connectivity index (χ1) is 9.97. The van der Waals surface area contributed by atoms with Gasteiger partial charge in [0.2, 0.25) is 0 Å². The summed E-state index contributed by atoms with van der Waals surface area (Å²) in [7, 11) is 0. The first-order valence-corrected chi connectivity index (χ1v) is 6.34. The van der Waals surface area contributed by atoms with Crippen LogP contribution >= 0.6 is 0 Å². The van der Waals surface area contributed by atoms with Crippen LogP contribution < -0.4 is 4.74 Å². The Labute approximate surface area is 119 Å². The van der Waals surface area contributed by atoms with Gasteiger partial charge in [0.25, 0.3) is 0 Å². The molecule has 0 fully saturated rings. The lowest BCUT2D eigenvalue weighted by Crippen LogP contribution is -2.08. The minimum Gasteiger partial charge on any atom is -0.485 e. The molecule has 0 bridgehead atoms. The third-order valence-corrected chi connectivity index (χ3v) is 3.45. The second-order valence-electron chi connectivity index (χ2n) is 4.87. The first kappa shape index (κ1) is 13.5. The molecule has 21 heavy (non-hydrogen) atoms. The second-order valence-corrected chi connectivity index (χ2v) is 4.87. The predicted molar refractivity (Wildman–Crippen MR) is 69.7 cm³/mol. The number of nitrogens with zero attached hydrogens (tertiary/aromatic N) is 1. The number of hydrogen-bond donors (Lipinski definition) is 0. The molecule has 2 aromatic rings. The van der Waals surface area contributed by atoms with Crippen LogP contribution in [0.2, 0.25) is 0 Å². The number of halogens is 3. The van der Waals surface area contributed by atoms with E-state index in [1.54, 1.807) is 24.3 Å². The van der Waals surface area contributed by atoms with Crippen molar-refractivity contribution in [2.45, 2.75) is 18.7 Å². The van der Waals surface area contributed by atoms with Gasteiger partial charge in [-0.3, -0.25) is 0 Å². The van der Waals surface area contributed by atoms with Crippen molar-refractivity contribution in [2.24, 2.45) is 0 Å². The number of benzene rings is 2. The standard InChI is InChI=1S/C16H10F3NO/c17-16(18,19)13-3-1-2-11(7-13)15-8-12-6-10(9-20)4-5-14(12)21-15/h1-7,15H,8H2. The summed E-state index contributed by atoms with van der Waals surface area (Å²) in [6.45, 7) is 0. The lowest BCUT2D eigenvalue weighted by molar-refractivity contribution is -0.137. The topological polar surface area (TPSA) is 33.0 Å². The molecule has 0 N–H and O–H groups in total. The van der Waals surface area contributed by atoms with Gasteiger partial charge in [0.1, 0.15) is 11.9 Å². The molecule has 0 spiro atoms. The number of ether oxygens (including phenoxy) is 1. The van der Waals surface area contributed by atoms with Crippen LogP contribution in [0.25, 0.3) is 0 Å². The molecule has 0 aromatic heterocycles. The average Bonchev–Trinajstić information content (AvgIpc) is 2.89. The van der Waals surface area contributed by atoms with Crippen LogP contribution in [0, 0.1) is 11.3 Å². The number of fused-ring (bicyclic) bond motifs is 1. The maximum atomic E-state index is 12.7. The molecule has 1 atom stereocenters. The van der Waals surface area contributed by atoms with Crippen LogP contribution in [0.1, 0.15) is 28.4 Å². The predicted octanol–water partition coefficient (Wildman–Crippen LogP) is 4.25. The van der Waals surface area contributed by atoms with E-state index >= 15 is 0 Å². The van der Waals surface area contributed by atoms with E-state index in [9.17, 15) is 13.2 Å². The van der Waals surface area contributed by atoms with Gasteiger partial charge in [-0.2, -0.15) is 18.4 Å². The molecule has 0 amide bonds. The molecule has 2 aromatic carbocycles. The lowest BCUT2D eigenvalue weighted by Gasteiger charge is -2.13. The summed E-state index contributed by atoms with van der Waals surface area (Å²) in [6, 6.07) is 12.2. The van der Waals surface area contributed by atoms with Crippen molar-refractivity contribution in [2.75, 3.05) is 0 Å². The molecule has 106 valence electrons. The van der Waals surface area contributed by atoms with Crippen LogP contribution in [0.4, 0.5) is 13.2 Å². The summed E-state index contributed by atoms with van der Waals surface area (Å²) in [5, 5.41) is 8.86. The zero-order chi connectivity index (χ0) is 15.0. The van der Waals surface area contributed by atoms with Crippen molar-refractivity contribution in [1.29, 1.82) is 5.26 Å². The van der Waals surface area contributed by atoms with Gasteiger partial charge >= 0.3 is 6.18 Å². The summed E-state index contributed by atoms with van der Waals surface area (Å²) in [5.41, 5.74) is 1.16. The summed E-state index contributed by atoms with van der Waals surface area (Å²) in [5.74, 6) is 0.622. The fourth-order valence-electron chi connectivity index (χ4n) is 2.42. The third-order valence-electron chi connectivity index (χ3n) is 3.45. The molecule has 0 radical (unpaired) electrons. The highest BCUT2D eigenvalue weighted by Gasteiger charge is 2.32. The SMILES string of the molecule is N#Cc1ccc2c(c1)CC(c1cccc(C(F)(F)F)c1)O2. The van der Waals surface area contributed by atoms with Gasteiger partial charge in [-0.1, -0.05) is 12.1 Å². The molecule has 0 saturated carbocycles. The van der Waals surface area contributed by atoms with E-state index in [1.165, 1.54) is 6.07 Å². The first-order valence-electron chi connectivity index (χ1n) is 6.34. The fraction of sp³-hybridized carbons (Fsp3) is 0.188. The zero-order valence-electron chi connectivity index (χ0n) is 10.8.